The van der Waals surface area contributed by atoms with E-state index in [9.17, 15) is 14.4 Å². The Morgan fingerprint density at radius 2 is 1.81 bits per heavy atom. The average molecular weight is 487 g/mol. The second kappa shape index (κ2) is 9.99. The van der Waals surface area contributed by atoms with Gasteiger partial charge in [0.25, 0.3) is 5.91 Å². The van der Waals surface area contributed by atoms with Crippen LogP contribution in [-0.2, 0) is 16.1 Å². The third-order valence-corrected chi connectivity index (χ3v) is 6.12. The van der Waals surface area contributed by atoms with Crippen LogP contribution in [0.2, 0.25) is 0 Å². The number of nitrogens with zero attached hydrogens (tertiary/aromatic N) is 1. The van der Waals surface area contributed by atoms with Crippen molar-refractivity contribution >= 4 is 34.8 Å². The van der Waals surface area contributed by atoms with Crippen LogP contribution < -0.4 is 30.3 Å². The number of benzene rings is 3. The summed E-state index contributed by atoms with van der Waals surface area (Å²) in [5.41, 5.74) is 3.09. The minimum Gasteiger partial charge on any atom is -0.454 e. The minimum absolute atomic E-state index is 0.0423. The molecule has 9 nitrogen and oxygen atoms in total. The van der Waals surface area contributed by atoms with E-state index in [4.69, 9.17) is 9.47 Å². The predicted molar refractivity (Wildman–Crippen MR) is 135 cm³/mol. The second-order valence-corrected chi connectivity index (χ2v) is 8.65. The topological polar surface area (TPSA) is 109 Å². The van der Waals surface area contributed by atoms with Crippen LogP contribution in [0.5, 0.6) is 11.5 Å². The van der Waals surface area contributed by atoms with E-state index in [2.05, 4.69) is 16.0 Å². The van der Waals surface area contributed by atoms with Crippen molar-refractivity contribution in [3.05, 3.63) is 77.9 Å². The molecule has 0 saturated heterocycles. The van der Waals surface area contributed by atoms with E-state index < -0.39 is 0 Å². The van der Waals surface area contributed by atoms with Crippen LogP contribution >= 0.6 is 0 Å². The van der Waals surface area contributed by atoms with E-state index in [1.54, 1.807) is 35.2 Å². The van der Waals surface area contributed by atoms with Gasteiger partial charge in [-0.15, -0.1) is 0 Å². The number of carbonyl (C=O) groups excluding carboxylic acids is 3. The summed E-state index contributed by atoms with van der Waals surface area (Å²) in [6.45, 7) is 2.31. The van der Waals surface area contributed by atoms with Crippen molar-refractivity contribution in [1.29, 1.82) is 0 Å². The average Bonchev–Trinajstić information content (AvgIpc) is 3.30. The molecule has 2 heterocycles. The Morgan fingerprint density at radius 3 is 2.69 bits per heavy atom. The fraction of sp³-hybridized carbons (Fsp3) is 0.222. The lowest BCUT2D eigenvalue weighted by molar-refractivity contribution is -0.118. The van der Waals surface area contributed by atoms with Gasteiger partial charge in [-0.3, -0.25) is 14.4 Å². The highest BCUT2D eigenvalue weighted by Crippen LogP contribution is 2.33. The van der Waals surface area contributed by atoms with Gasteiger partial charge in [-0.2, -0.15) is 0 Å². The molecule has 1 unspecified atom stereocenters. The van der Waals surface area contributed by atoms with E-state index in [1.807, 2.05) is 43.3 Å². The largest absolute Gasteiger partial charge is 0.454 e. The molecule has 36 heavy (non-hydrogen) atoms. The number of carbonyl (C=O) groups is 3. The summed E-state index contributed by atoms with van der Waals surface area (Å²) in [7, 11) is 0. The van der Waals surface area contributed by atoms with E-state index >= 15 is 0 Å². The lowest BCUT2D eigenvalue weighted by Crippen LogP contribution is -2.42. The number of amides is 3. The van der Waals surface area contributed by atoms with Gasteiger partial charge in [0.1, 0.15) is 0 Å². The molecule has 0 radical (unpaired) electrons. The monoisotopic (exact) mass is 486 g/mol. The van der Waals surface area contributed by atoms with Gasteiger partial charge in [0.15, 0.2) is 11.5 Å². The van der Waals surface area contributed by atoms with Crippen molar-refractivity contribution in [2.24, 2.45) is 0 Å². The Morgan fingerprint density at radius 1 is 1.03 bits per heavy atom. The molecule has 0 fully saturated rings. The lowest BCUT2D eigenvalue weighted by atomic mass is 10.1. The first-order chi connectivity index (χ1) is 17.5. The summed E-state index contributed by atoms with van der Waals surface area (Å²) < 4.78 is 10.7. The minimum atomic E-state index is -0.316. The number of nitrogens with one attached hydrogen (secondary N) is 3. The number of fused-ring (bicyclic) bond motifs is 2. The maximum atomic E-state index is 13.3. The zero-order chi connectivity index (χ0) is 25.1. The normalized spacial score (nSPS) is 16.0. The highest BCUT2D eigenvalue weighted by atomic mass is 16.7. The maximum Gasteiger partial charge on any atom is 0.253 e. The molecule has 184 valence electrons. The van der Waals surface area contributed by atoms with Crippen molar-refractivity contribution in [2.45, 2.75) is 25.9 Å². The smallest absolute Gasteiger partial charge is 0.253 e. The molecule has 0 aliphatic carbocycles. The summed E-state index contributed by atoms with van der Waals surface area (Å²) in [5.74, 6) is 0.727. The summed E-state index contributed by atoms with van der Waals surface area (Å²) in [5, 5.41) is 8.88. The lowest BCUT2D eigenvalue weighted by Gasteiger charge is -2.28. The molecule has 3 N–H and O–H groups in total. The van der Waals surface area contributed by atoms with Crippen LogP contribution in [0.4, 0.5) is 17.1 Å². The predicted octanol–water partition coefficient (Wildman–Crippen LogP) is 3.52. The van der Waals surface area contributed by atoms with Crippen molar-refractivity contribution in [1.82, 2.24) is 5.32 Å². The first kappa shape index (κ1) is 23.2. The van der Waals surface area contributed by atoms with Crippen LogP contribution in [0.15, 0.2) is 66.7 Å². The molecule has 5 rings (SSSR count). The van der Waals surface area contributed by atoms with Crippen LogP contribution in [0.1, 0.15) is 29.3 Å². The van der Waals surface area contributed by atoms with E-state index in [0.29, 0.717) is 40.7 Å². The van der Waals surface area contributed by atoms with Crippen LogP contribution in [0.25, 0.3) is 0 Å². The second-order valence-electron chi connectivity index (χ2n) is 8.65. The molecule has 0 spiro atoms. The number of rotatable bonds is 6. The van der Waals surface area contributed by atoms with Gasteiger partial charge in [-0.1, -0.05) is 30.3 Å². The van der Waals surface area contributed by atoms with Gasteiger partial charge >= 0.3 is 0 Å². The molecule has 1 atom stereocenters. The molecule has 3 aromatic rings. The van der Waals surface area contributed by atoms with Gasteiger partial charge in [-0.05, 0) is 48.9 Å². The van der Waals surface area contributed by atoms with Gasteiger partial charge < -0.3 is 30.3 Å². The summed E-state index contributed by atoms with van der Waals surface area (Å²) in [6, 6.07) is 19.5. The molecule has 3 aromatic carbocycles. The van der Waals surface area contributed by atoms with Crippen molar-refractivity contribution < 1.29 is 23.9 Å². The molecular formula is C27H26N4O5. The number of hydrogen-bond donors (Lipinski definition) is 3. The quantitative estimate of drug-likeness (QED) is 0.492. The number of anilines is 3. The molecule has 2 aliphatic rings. The fourth-order valence-electron chi connectivity index (χ4n) is 4.39. The SMILES string of the molecule is CC1CC(=O)Nc2ccccc2N1C(=O)CNc1ccccc1C(=O)NCc1ccc2c(c1)OCO2. The third kappa shape index (κ3) is 4.81. The number of ether oxygens (including phenoxy) is 2. The van der Waals surface area contributed by atoms with Crippen molar-refractivity contribution in [2.75, 3.05) is 28.9 Å². The number of hydrogen-bond acceptors (Lipinski definition) is 6. The van der Waals surface area contributed by atoms with E-state index in [-0.39, 0.29) is 43.5 Å². The Bertz CT molecular complexity index is 1330. The Balaban J connectivity index is 1.26. The summed E-state index contributed by atoms with van der Waals surface area (Å²) >= 11 is 0. The van der Waals surface area contributed by atoms with Crippen LogP contribution in [0.3, 0.4) is 0 Å². The molecule has 2 aliphatic heterocycles. The molecular weight excluding hydrogens is 460 g/mol. The molecule has 0 aromatic heterocycles. The van der Waals surface area contributed by atoms with Gasteiger partial charge in [0.2, 0.25) is 18.6 Å². The standard InChI is InChI=1S/C27H26N4O5/c1-17-12-25(32)30-21-8-4-5-9-22(21)31(17)26(33)15-28-20-7-3-2-6-19(20)27(34)29-14-18-10-11-23-24(13-18)36-16-35-23/h2-11,13,17,28H,12,14-16H2,1H3,(H,29,34)(H,30,32). The van der Waals surface area contributed by atoms with Gasteiger partial charge in [-0.25, -0.2) is 0 Å². The molecule has 9 heteroatoms. The zero-order valence-corrected chi connectivity index (χ0v) is 19.7. The highest BCUT2D eigenvalue weighted by Gasteiger charge is 2.29. The summed E-state index contributed by atoms with van der Waals surface area (Å²) in [4.78, 5) is 40.1. The number of para-hydroxylation sites is 3. The fourth-order valence-corrected chi connectivity index (χ4v) is 4.39. The summed E-state index contributed by atoms with van der Waals surface area (Å²) in [6.07, 6.45) is 0.194. The zero-order valence-electron chi connectivity index (χ0n) is 19.7. The van der Waals surface area contributed by atoms with Crippen molar-refractivity contribution in [3.63, 3.8) is 0 Å². The van der Waals surface area contributed by atoms with Gasteiger partial charge in [0.05, 0.1) is 23.5 Å². The van der Waals surface area contributed by atoms with Gasteiger partial charge in [0, 0.05) is 24.7 Å². The molecule has 3 amide bonds. The maximum absolute atomic E-state index is 13.3. The Labute approximate surface area is 208 Å². The van der Waals surface area contributed by atoms with E-state index in [1.165, 1.54) is 0 Å². The highest BCUT2D eigenvalue weighted by molar-refractivity contribution is 6.06. The Kier molecular flexibility index (Phi) is 6.44. The molecule has 0 saturated carbocycles. The van der Waals surface area contributed by atoms with E-state index in [0.717, 1.165) is 5.56 Å². The Hall–Kier alpha value is -4.53. The van der Waals surface area contributed by atoms with Crippen molar-refractivity contribution in [3.8, 4) is 11.5 Å². The third-order valence-electron chi connectivity index (χ3n) is 6.12. The first-order valence-corrected chi connectivity index (χ1v) is 11.7. The van der Waals surface area contributed by atoms with Crippen LogP contribution in [-0.4, -0.2) is 37.1 Å². The first-order valence-electron chi connectivity index (χ1n) is 11.7. The molecule has 0 bridgehead atoms. The van der Waals surface area contributed by atoms with Crippen LogP contribution in [0, 0.1) is 0 Å².